The Balaban J connectivity index is 2.17. The van der Waals surface area contributed by atoms with E-state index in [1.54, 1.807) is 7.11 Å². The van der Waals surface area contributed by atoms with Gasteiger partial charge in [-0.1, -0.05) is 0 Å². The molecule has 0 aliphatic rings. The predicted molar refractivity (Wildman–Crippen MR) is 81.3 cm³/mol. The van der Waals surface area contributed by atoms with Crippen molar-refractivity contribution in [3.63, 3.8) is 0 Å². The normalized spacial score (nSPS) is 11.0. The molecule has 0 radical (unpaired) electrons. The number of aliphatic hydroxyl groups excluding tert-OH is 1. The summed E-state index contributed by atoms with van der Waals surface area (Å²) in [6.07, 6.45) is 1.82. The number of aromatic nitrogens is 3. The molecular weight excluding hydrogens is 266 g/mol. The van der Waals surface area contributed by atoms with Crippen LogP contribution >= 0.6 is 0 Å². The molecule has 0 amide bonds. The number of aryl methyl sites for hydroxylation is 1. The number of nitrogens with zero attached hydrogens (tertiary/aromatic N) is 3. The van der Waals surface area contributed by atoms with Gasteiger partial charge in [0.1, 0.15) is 17.1 Å². The Hall–Kier alpha value is -2.40. The Labute approximate surface area is 122 Å². The molecule has 5 nitrogen and oxygen atoms in total. The predicted octanol–water partition coefficient (Wildman–Crippen LogP) is 2.41. The van der Waals surface area contributed by atoms with E-state index in [1.807, 2.05) is 48.0 Å². The van der Waals surface area contributed by atoms with Gasteiger partial charge in [0.15, 0.2) is 5.65 Å². The highest BCUT2D eigenvalue weighted by Gasteiger charge is 2.13. The van der Waals surface area contributed by atoms with Crippen molar-refractivity contribution < 1.29 is 9.84 Å². The maximum absolute atomic E-state index is 9.31. The standard InChI is InChI=1S/C16H17N3O2/c1-11-9-14-16(17-10-11)19(7-8-20)15(18-14)12-3-5-13(21-2)6-4-12/h3-6,9-10,20H,7-8H2,1-2H3. The lowest BCUT2D eigenvalue weighted by molar-refractivity contribution is 0.278. The van der Waals surface area contributed by atoms with Gasteiger partial charge in [-0.2, -0.15) is 0 Å². The second-order valence-corrected chi connectivity index (χ2v) is 4.89. The third-order valence-electron chi connectivity index (χ3n) is 3.39. The van der Waals surface area contributed by atoms with E-state index in [2.05, 4.69) is 9.97 Å². The SMILES string of the molecule is COc1ccc(-c2nc3cc(C)cnc3n2CCO)cc1. The van der Waals surface area contributed by atoms with Crippen molar-refractivity contribution in [1.29, 1.82) is 0 Å². The molecule has 5 heteroatoms. The maximum atomic E-state index is 9.31. The van der Waals surface area contributed by atoms with Gasteiger partial charge in [-0.3, -0.25) is 0 Å². The first-order valence-electron chi connectivity index (χ1n) is 6.81. The van der Waals surface area contributed by atoms with E-state index in [-0.39, 0.29) is 6.61 Å². The molecule has 2 aromatic heterocycles. The van der Waals surface area contributed by atoms with E-state index >= 15 is 0 Å². The summed E-state index contributed by atoms with van der Waals surface area (Å²) >= 11 is 0. The molecule has 0 atom stereocenters. The second-order valence-electron chi connectivity index (χ2n) is 4.89. The van der Waals surface area contributed by atoms with E-state index in [0.717, 1.165) is 33.9 Å². The summed E-state index contributed by atoms with van der Waals surface area (Å²) in [6.45, 7) is 2.50. The van der Waals surface area contributed by atoms with Crippen molar-refractivity contribution in [3.05, 3.63) is 42.1 Å². The molecule has 2 heterocycles. The topological polar surface area (TPSA) is 60.2 Å². The van der Waals surface area contributed by atoms with Crippen LogP contribution in [0.1, 0.15) is 5.56 Å². The number of aliphatic hydroxyl groups is 1. The van der Waals surface area contributed by atoms with Crippen LogP contribution in [-0.2, 0) is 6.54 Å². The lowest BCUT2D eigenvalue weighted by atomic mass is 10.2. The zero-order chi connectivity index (χ0) is 14.8. The average molecular weight is 283 g/mol. The van der Waals surface area contributed by atoms with Crippen LogP contribution in [-0.4, -0.2) is 33.4 Å². The van der Waals surface area contributed by atoms with Gasteiger partial charge in [0.2, 0.25) is 0 Å². The minimum Gasteiger partial charge on any atom is -0.497 e. The highest BCUT2D eigenvalue weighted by atomic mass is 16.5. The van der Waals surface area contributed by atoms with Crippen LogP contribution in [0.25, 0.3) is 22.6 Å². The minimum atomic E-state index is 0.0458. The van der Waals surface area contributed by atoms with Crippen LogP contribution < -0.4 is 4.74 Å². The molecule has 0 aliphatic heterocycles. The molecule has 0 unspecified atom stereocenters. The van der Waals surface area contributed by atoms with Crippen molar-refractivity contribution in [3.8, 4) is 17.1 Å². The summed E-state index contributed by atoms with van der Waals surface area (Å²) in [5, 5.41) is 9.31. The lowest BCUT2D eigenvalue weighted by Gasteiger charge is -2.07. The Kier molecular flexibility index (Phi) is 3.58. The summed E-state index contributed by atoms with van der Waals surface area (Å²) in [5.74, 6) is 1.61. The fourth-order valence-electron chi connectivity index (χ4n) is 2.38. The molecule has 1 aromatic carbocycles. The Morgan fingerprint density at radius 2 is 2.00 bits per heavy atom. The van der Waals surface area contributed by atoms with Crippen molar-refractivity contribution in [2.24, 2.45) is 0 Å². The van der Waals surface area contributed by atoms with Crippen molar-refractivity contribution in [1.82, 2.24) is 14.5 Å². The highest BCUT2D eigenvalue weighted by Crippen LogP contribution is 2.25. The van der Waals surface area contributed by atoms with Crippen LogP contribution in [0, 0.1) is 6.92 Å². The summed E-state index contributed by atoms with van der Waals surface area (Å²) in [6, 6.07) is 9.72. The molecule has 3 rings (SSSR count). The average Bonchev–Trinajstić information content (AvgIpc) is 2.85. The van der Waals surface area contributed by atoms with E-state index in [0.29, 0.717) is 6.54 Å². The molecule has 0 spiro atoms. The van der Waals surface area contributed by atoms with Gasteiger partial charge in [-0.25, -0.2) is 9.97 Å². The highest BCUT2D eigenvalue weighted by molar-refractivity contribution is 5.77. The van der Waals surface area contributed by atoms with Gasteiger partial charge in [0.05, 0.1) is 13.7 Å². The molecule has 3 aromatic rings. The fraction of sp³-hybridized carbons (Fsp3) is 0.250. The maximum Gasteiger partial charge on any atom is 0.160 e. The Morgan fingerprint density at radius 1 is 1.24 bits per heavy atom. The molecule has 21 heavy (non-hydrogen) atoms. The van der Waals surface area contributed by atoms with Gasteiger partial charge >= 0.3 is 0 Å². The van der Waals surface area contributed by atoms with Crippen LogP contribution in [0.15, 0.2) is 36.5 Å². The number of ether oxygens (including phenoxy) is 1. The molecule has 0 saturated heterocycles. The van der Waals surface area contributed by atoms with Crippen LogP contribution in [0.2, 0.25) is 0 Å². The number of pyridine rings is 1. The van der Waals surface area contributed by atoms with Gasteiger partial charge in [0, 0.05) is 18.3 Å². The fourth-order valence-corrected chi connectivity index (χ4v) is 2.38. The van der Waals surface area contributed by atoms with Gasteiger partial charge in [0.25, 0.3) is 0 Å². The molecule has 0 bridgehead atoms. The van der Waals surface area contributed by atoms with Crippen molar-refractivity contribution in [2.75, 3.05) is 13.7 Å². The third-order valence-corrected chi connectivity index (χ3v) is 3.39. The second kappa shape index (κ2) is 5.54. The van der Waals surface area contributed by atoms with Crippen LogP contribution in [0.5, 0.6) is 5.75 Å². The van der Waals surface area contributed by atoms with Crippen LogP contribution in [0.3, 0.4) is 0 Å². The minimum absolute atomic E-state index is 0.0458. The van der Waals surface area contributed by atoms with Crippen molar-refractivity contribution in [2.45, 2.75) is 13.5 Å². The van der Waals surface area contributed by atoms with Gasteiger partial charge < -0.3 is 14.4 Å². The van der Waals surface area contributed by atoms with E-state index in [9.17, 15) is 5.11 Å². The third kappa shape index (κ3) is 2.48. The zero-order valence-electron chi connectivity index (χ0n) is 12.1. The van der Waals surface area contributed by atoms with Crippen molar-refractivity contribution >= 4 is 11.2 Å². The number of imidazole rings is 1. The number of hydrogen-bond acceptors (Lipinski definition) is 4. The number of fused-ring (bicyclic) bond motifs is 1. The van der Waals surface area contributed by atoms with Crippen LogP contribution in [0.4, 0.5) is 0 Å². The van der Waals surface area contributed by atoms with E-state index < -0.39 is 0 Å². The van der Waals surface area contributed by atoms with E-state index in [1.165, 1.54) is 0 Å². The first-order valence-corrected chi connectivity index (χ1v) is 6.81. The molecule has 1 N–H and O–H groups in total. The lowest BCUT2D eigenvalue weighted by Crippen LogP contribution is -2.05. The van der Waals surface area contributed by atoms with E-state index in [4.69, 9.17) is 4.74 Å². The largest absolute Gasteiger partial charge is 0.497 e. The first-order chi connectivity index (χ1) is 10.2. The van der Waals surface area contributed by atoms with Gasteiger partial charge in [-0.15, -0.1) is 0 Å². The number of hydrogen-bond donors (Lipinski definition) is 1. The number of benzene rings is 1. The Bertz CT molecular complexity index is 763. The van der Waals surface area contributed by atoms with Gasteiger partial charge in [-0.05, 0) is 42.8 Å². The summed E-state index contributed by atoms with van der Waals surface area (Å²) in [7, 11) is 1.64. The molecule has 108 valence electrons. The summed E-state index contributed by atoms with van der Waals surface area (Å²) in [4.78, 5) is 9.11. The molecular formula is C16H17N3O2. The number of methoxy groups -OCH3 is 1. The smallest absolute Gasteiger partial charge is 0.160 e. The first kappa shape index (κ1) is 13.6. The molecule has 0 saturated carbocycles. The summed E-state index contributed by atoms with van der Waals surface area (Å²) in [5.41, 5.74) is 3.67. The quantitative estimate of drug-likeness (QED) is 0.798. The molecule has 0 fully saturated rings. The monoisotopic (exact) mass is 283 g/mol. The molecule has 0 aliphatic carbocycles. The zero-order valence-corrected chi connectivity index (χ0v) is 12.1. The Morgan fingerprint density at radius 3 is 2.67 bits per heavy atom. The number of rotatable bonds is 4. The summed E-state index contributed by atoms with van der Waals surface area (Å²) < 4.78 is 7.12.